The average molecular weight is 581 g/mol. The Morgan fingerprint density at radius 1 is 0.914 bits per heavy atom. The first-order chi connectivity index (χ1) is 17.0. The van der Waals surface area contributed by atoms with Gasteiger partial charge in [0, 0.05) is 6.20 Å². The Morgan fingerprint density at radius 2 is 1.37 bits per heavy atom. The van der Waals surface area contributed by atoms with E-state index in [0.29, 0.717) is 3.57 Å². The van der Waals surface area contributed by atoms with Gasteiger partial charge in [0.15, 0.2) is 0 Å². The number of aromatic amines is 1. The summed E-state index contributed by atoms with van der Waals surface area (Å²) < 4.78 is 6.79. The molecular weight excluding hydrogens is 557 g/mol. The molecule has 0 aliphatic rings. The van der Waals surface area contributed by atoms with Crippen molar-refractivity contribution in [3.63, 3.8) is 0 Å². The van der Waals surface area contributed by atoms with Gasteiger partial charge in [-0.05, 0) is 39.3 Å². The molecular formula is C27H24IN3O4. The topological polar surface area (TPSA) is 93.2 Å². The zero-order valence-electron chi connectivity index (χ0n) is 19.0. The number of nitrogens with zero attached hydrogens (tertiary/aromatic N) is 1. The number of carbonyl (C=O) groups excluding carboxylic acids is 1. The van der Waals surface area contributed by atoms with E-state index in [-0.39, 0.29) is 6.54 Å². The number of methoxy groups -OCH3 is 1. The summed E-state index contributed by atoms with van der Waals surface area (Å²) in [5.41, 5.74) is 0.721. The molecule has 0 fully saturated rings. The van der Waals surface area contributed by atoms with Gasteiger partial charge in [0.05, 0.1) is 22.8 Å². The third-order valence-corrected chi connectivity index (χ3v) is 6.61. The van der Waals surface area contributed by atoms with Crippen LogP contribution >= 0.6 is 22.6 Å². The largest absolute Gasteiger partial charge is 0.468 e. The Labute approximate surface area is 215 Å². The van der Waals surface area contributed by atoms with Gasteiger partial charge >= 0.3 is 11.7 Å². The van der Waals surface area contributed by atoms with Gasteiger partial charge in [0.2, 0.25) is 0 Å². The summed E-state index contributed by atoms with van der Waals surface area (Å²) in [5.74, 6) is -0.537. The van der Waals surface area contributed by atoms with Crippen molar-refractivity contribution >= 4 is 28.6 Å². The number of benzene rings is 3. The number of esters is 1. The van der Waals surface area contributed by atoms with Crippen molar-refractivity contribution in [1.82, 2.24) is 14.9 Å². The number of ether oxygens (including phenoxy) is 1. The first kappa shape index (κ1) is 24.6. The molecule has 3 aromatic carbocycles. The van der Waals surface area contributed by atoms with E-state index in [1.165, 1.54) is 17.9 Å². The van der Waals surface area contributed by atoms with Gasteiger partial charge in [-0.15, -0.1) is 0 Å². The summed E-state index contributed by atoms with van der Waals surface area (Å²) in [4.78, 5) is 39.8. The molecule has 0 saturated heterocycles. The zero-order valence-corrected chi connectivity index (χ0v) is 21.1. The fourth-order valence-electron chi connectivity index (χ4n) is 4.21. The van der Waals surface area contributed by atoms with E-state index >= 15 is 0 Å². The van der Waals surface area contributed by atoms with Crippen LogP contribution in [-0.2, 0) is 21.6 Å². The van der Waals surface area contributed by atoms with Crippen LogP contribution in [0.15, 0.2) is 107 Å². The number of halogens is 1. The first-order valence-electron chi connectivity index (χ1n) is 11.0. The van der Waals surface area contributed by atoms with E-state index in [0.717, 1.165) is 16.7 Å². The molecule has 0 radical (unpaired) electrons. The van der Waals surface area contributed by atoms with Gasteiger partial charge in [-0.1, -0.05) is 91.0 Å². The second kappa shape index (κ2) is 10.8. The molecule has 4 rings (SSSR count). The van der Waals surface area contributed by atoms with Crippen molar-refractivity contribution in [1.29, 1.82) is 0 Å². The summed E-state index contributed by atoms with van der Waals surface area (Å²) in [7, 11) is 1.31. The maximum atomic E-state index is 13.1. The number of aromatic nitrogens is 2. The molecule has 0 bridgehead atoms. The third-order valence-electron chi connectivity index (χ3n) is 5.84. The Kier molecular flexibility index (Phi) is 7.62. The summed E-state index contributed by atoms with van der Waals surface area (Å²) in [6.07, 6.45) is 1.44. The fourth-order valence-corrected chi connectivity index (χ4v) is 4.68. The number of hydrogen-bond donors (Lipinski definition) is 2. The van der Waals surface area contributed by atoms with E-state index in [1.54, 1.807) is 0 Å². The maximum absolute atomic E-state index is 13.1. The van der Waals surface area contributed by atoms with Crippen LogP contribution in [-0.4, -0.2) is 28.7 Å². The molecule has 2 N–H and O–H groups in total. The van der Waals surface area contributed by atoms with Crippen LogP contribution in [0.2, 0.25) is 0 Å². The smallest absolute Gasteiger partial charge is 0.328 e. The summed E-state index contributed by atoms with van der Waals surface area (Å²) in [6.45, 7) is -0.0491. The standard InChI is InChI=1S/C27H24IN3O4/c1-35-25(33)23(18-31-17-22(28)24(32)29-26(31)34)30-27(19-11-5-2-6-12-19,20-13-7-3-8-14-20)21-15-9-4-10-16-21/h2-17,23,30H,18H2,1H3,(H,29,32,34)/t23-/m0/s1. The normalized spacial score (nSPS) is 12.2. The number of carbonyl (C=O) groups is 1. The van der Waals surface area contributed by atoms with Gasteiger partial charge in [0.25, 0.3) is 5.56 Å². The van der Waals surface area contributed by atoms with E-state index in [9.17, 15) is 14.4 Å². The maximum Gasteiger partial charge on any atom is 0.328 e. The van der Waals surface area contributed by atoms with Crippen LogP contribution < -0.4 is 16.6 Å². The molecule has 0 saturated carbocycles. The molecule has 7 nitrogen and oxygen atoms in total. The molecule has 4 aromatic rings. The molecule has 0 amide bonds. The van der Waals surface area contributed by atoms with Gasteiger partial charge in [-0.2, -0.15) is 0 Å². The van der Waals surface area contributed by atoms with Crippen LogP contribution in [0.1, 0.15) is 16.7 Å². The van der Waals surface area contributed by atoms with E-state index in [4.69, 9.17) is 4.74 Å². The highest BCUT2D eigenvalue weighted by atomic mass is 127. The predicted octanol–water partition coefficient (Wildman–Crippen LogP) is 3.26. The van der Waals surface area contributed by atoms with Crippen molar-refractivity contribution in [3.8, 4) is 0 Å². The number of rotatable bonds is 8. The molecule has 1 heterocycles. The summed E-state index contributed by atoms with van der Waals surface area (Å²) in [5, 5.41) is 3.55. The van der Waals surface area contributed by atoms with Crippen molar-refractivity contribution < 1.29 is 9.53 Å². The van der Waals surface area contributed by atoms with Gasteiger partial charge in [-0.25, -0.2) is 4.79 Å². The van der Waals surface area contributed by atoms with Crippen LogP contribution in [0.25, 0.3) is 0 Å². The van der Waals surface area contributed by atoms with E-state index < -0.39 is 28.8 Å². The monoisotopic (exact) mass is 581 g/mol. The van der Waals surface area contributed by atoms with Crippen LogP contribution in [0.5, 0.6) is 0 Å². The van der Waals surface area contributed by atoms with Crippen molar-refractivity contribution in [3.05, 3.63) is 138 Å². The predicted molar refractivity (Wildman–Crippen MR) is 142 cm³/mol. The zero-order chi connectivity index (χ0) is 24.8. The minimum Gasteiger partial charge on any atom is -0.468 e. The van der Waals surface area contributed by atoms with Crippen LogP contribution in [0, 0.1) is 3.57 Å². The molecule has 35 heavy (non-hydrogen) atoms. The molecule has 0 spiro atoms. The molecule has 0 aliphatic heterocycles. The SMILES string of the molecule is COC(=O)[C@H](Cn1cc(I)c(=O)[nH]c1=O)NC(c1ccccc1)(c1ccccc1)c1ccccc1. The lowest BCUT2D eigenvalue weighted by molar-refractivity contribution is -0.144. The minimum atomic E-state index is -0.943. The highest BCUT2D eigenvalue weighted by Crippen LogP contribution is 2.37. The Hall–Kier alpha value is -3.50. The third kappa shape index (κ3) is 5.13. The lowest BCUT2D eigenvalue weighted by atomic mass is 9.76. The van der Waals surface area contributed by atoms with Crippen molar-refractivity contribution in [2.75, 3.05) is 7.11 Å². The molecule has 178 valence electrons. The Bertz CT molecular complexity index is 1310. The Balaban J connectivity index is 1.92. The van der Waals surface area contributed by atoms with Gasteiger partial charge < -0.3 is 4.74 Å². The van der Waals surface area contributed by atoms with Crippen molar-refractivity contribution in [2.45, 2.75) is 18.1 Å². The van der Waals surface area contributed by atoms with Gasteiger partial charge in [-0.3, -0.25) is 24.5 Å². The number of nitrogens with one attached hydrogen (secondary N) is 2. The first-order valence-corrected chi connectivity index (χ1v) is 12.0. The summed E-state index contributed by atoms with van der Waals surface area (Å²) >= 11 is 1.86. The summed E-state index contributed by atoms with van der Waals surface area (Å²) in [6, 6.07) is 28.5. The van der Waals surface area contributed by atoms with E-state index in [1.807, 2.05) is 114 Å². The molecule has 1 aromatic heterocycles. The van der Waals surface area contributed by atoms with E-state index in [2.05, 4.69) is 10.3 Å². The quantitative estimate of drug-likeness (QED) is 0.189. The van der Waals surface area contributed by atoms with Crippen molar-refractivity contribution in [2.24, 2.45) is 0 Å². The highest BCUT2D eigenvalue weighted by molar-refractivity contribution is 14.1. The molecule has 8 heteroatoms. The lowest BCUT2D eigenvalue weighted by Gasteiger charge is -2.39. The lowest BCUT2D eigenvalue weighted by Crippen LogP contribution is -2.55. The molecule has 0 aliphatic carbocycles. The highest BCUT2D eigenvalue weighted by Gasteiger charge is 2.40. The molecule has 1 atom stereocenters. The molecule has 0 unspecified atom stereocenters. The number of hydrogen-bond acceptors (Lipinski definition) is 5. The minimum absolute atomic E-state index is 0.0491. The second-order valence-corrected chi connectivity index (χ2v) is 9.12. The fraction of sp³-hybridized carbons (Fsp3) is 0.148. The van der Waals surface area contributed by atoms with Gasteiger partial charge in [0.1, 0.15) is 6.04 Å². The van der Waals surface area contributed by atoms with Crippen LogP contribution in [0.4, 0.5) is 0 Å². The second-order valence-electron chi connectivity index (χ2n) is 7.96. The number of H-pyrrole nitrogens is 1. The average Bonchev–Trinajstić information content (AvgIpc) is 2.90. The Morgan fingerprint density at radius 3 is 1.80 bits per heavy atom. The van der Waals surface area contributed by atoms with Crippen LogP contribution in [0.3, 0.4) is 0 Å².